The van der Waals surface area contributed by atoms with Crippen LogP contribution in [0.1, 0.15) is 59.3 Å². The van der Waals surface area contributed by atoms with Crippen molar-refractivity contribution in [3.05, 3.63) is 0 Å². The van der Waals surface area contributed by atoms with E-state index in [2.05, 4.69) is 26.1 Å². The molecule has 1 saturated carbocycles. The van der Waals surface area contributed by atoms with E-state index in [1.165, 1.54) is 45.1 Å². The molecule has 0 aliphatic heterocycles. The summed E-state index contributed by atoms with van der Waals surface area (Å²) in [5.74, 6) is 2.00. The van der Waals surface area contributed by atoms with Crippen molar-refractivity contribution in [2.24, 2.45) is 11.8 Å². The maximum absolute atomic E-state index is 3.63. The van der Waals surface area contributed by atoms with Crippen LogP contribution in [0.2, 0.25) is 0 Å². The third-order valence-electron chi connectivity index (χ3n) is 3.91. The standard InChI is InChI=1S/C13H27N/c1-4-11(3)14-10-13-8-6-12(5-2)7-9-13/h11-14H,4-10H2,1-3H3. The second-order valence-corrected chi connectivity index (χ2v) is 5.01. The van der Waals surface area contributed by atoms with Crippen LogP contribution in [0.5, 0.6) is 0 Å². The van der Waals surface area contributed by atoms with Crippen LogP contribution >= 0.6 is 0 Å². The zero-order valence-electron chi connectivity index (χ0n) is 10.2. The zero-order chi connectivity index (χ0) is 10.4. The average molecular weight is 197 g/mol. The quantitative estimate of drug-likeness (QED) is 0.710. The summed E-state index contributed by atoms with van der Waals surface area (Å²) in [6.07, 6.45) is 8.52. The topological polar surface area (TPSA) is 12.0 Å². The van der Waals surface area contributed by atoms with Gasteiger partial charge in [-0.2, -0.15) is 0 Å². The SMILES string of the molecule is CCC1CCC(CNC(C)CC)CC1. The lowest BCUT2D eigenvalue weighted by molar-refractivity contribution is 0.257. The summed E-state index contributed by atoms with van der Waals surface area (Å²) in [5, 5.41) is 3.63. The first-order valence-corrected chi connectivity index (χ1v) is 6.49. The molecule has 0 aromatic carbocycles. The van der Waals surface area contributed by atoms with Gasteiger partial charge in [-0.15, -0.1) is 0 Å². The van der Waals surface area contributed by atoms with Crippen molar-refractivity contribution in [2.45, 2.75) is 65.3 Å². The van der Waals surface area contributed by atoms with Crippen LogP contribution in [-0.2, 0) is 0 Å². The fourth-order valence-corrected chi connectivity index (χ4v) is 2.36. The van der Waals surface area contributed by atoms with E-state index in [0.29, 0.717) is 6.04 Å². The second kappa shape index (κ2) is 6.44. The Hall–Kier alpha value is -0.0400. The van der Waals surface area contributed by atoms with Gasteiger partial charge in [-0.05, 0) is 44.6 Å². The number of hydrogen-bond donors (Lipinski definition) is 1. The van der Waals surface area contributed by atoms with E-state index < -0.39 is 0 Å². The van der Waals surface area contributed by atoms with E-state index in [1.807, 2.05) is 0 Å². The molecule has 1 aliphatic carbocycles. The second-order valence-electron chi connectivity index (χ2n) is 5.01. The van der Waals surface area contributed by atoms with Crippen LogP contribution in [0.25, 0.3) is 0 Å². The van der Waals surface area contributed by atoms with Gasteiger partial charge < -0.3 is 5.32 Å². The summed E-state index contributed by atoms with van der Waals surface area (Å²) in [6.45, 7) is 8.14. The van der Waals surface area contributed by atoms with Crippen molar-refractivity contribution in [1.82, 2.24) is 5.32 Å². The van der Waals surface area contributed by atoms with Gasteiger partial charge in [-0.1, -0.05) is 33.1 Å². The highest BCUT2D eigenvalue weighted by Crippen LogP contribution is 2.30. The number of hydrogen-bond acceptors (Lipinski definition) is 1. The molecule has 0 aromatic heterocycles. The molecule has 1 N–H and O–H groups in total. The van der Waals surface area contributed by atoms with E-state index >= 15 is 0 Å². The number of rotatable bonds is 5. The molecular weight excluding hydrogens is 170 g/mol. The van der Waals surface area contributed by atoms with E-state index in [4.69, 9.17) is 0 Å². The van der Waals surface area contributed by atoms with Gasteiger partial charge in [0.1, 0.15) is 0 Å². The Balaban J connectivity index is 2.10. The minimum Gasteiger partial charge on any atom is -0.314 e. The Morgan fingerprint density at radius 1 is 1.07 bits per heavy atom. The molecule has 0 bridgehead atoms. The summed E-state index contributed by atoms with van der Waals surface area (Å²) < 4.78 is 0. The average Bonchev–Trinajstić information content (AvgIpc) is 2.26. The van der Waals surface area contributed by atoms with Crippen molar-refractivity contribution in [3.63, 3.8) is 0 Å². The third-order valence-corrected chi connectivity index (χ3v) is 3.91. The molecule has 1 rings (SSSR count). The highest BCUT2D eigenvalue weighted by molar-refractivity contribution is 4.74. The Labute approximate surface area is 89.7 Å². The van der Waals surface area contributed by atoms with Gasteiger partial charge in [0, 0.05) is 6.04 Å². The lowest BCUT2D eigenvalue weighted by Gasteiger charge is -2.28. The van der Waals surface area contributed by atoms with Crippen LogP contribution in [0.15, 0.2) is 0 Å². The van der Waals surface area contributed by atoms with Crippen molar-refractivity contribution in [1.29, 1.82) is 0 Å². The fourth-order valence-electron chi connectivity index (χ4n) is 2.36. The molecule has 0 amide bonds. The van der Waals surface area contributed by atoms with Crippen LogP contribution in [0.3, 0.4) is 0 Å². The molecule has 14 heavy (non-hydrogen) atoms. The van der Waals surface area contributed by atoms with Crippen LogP contribution in [0, 0.1) is 11.8 Å². The molecule has 0 aromatic rings. The van der Waals surface area contributed by atoms with E-state index in [1.54, 1.807) is 0 Å². The van der Waals surface area contributed by atoms with Gasteiger partial charge in [0.25, 0.3) is 0 Å². The Bertz CT molecular complexity index is 136. The smallest absolute Gasteiger partial charge is 0.00362 e. The maximum Gasteiger partial charge on any atom is 0.00362 e. The molecule has 1 unspecified atom stereocenters. The first-order valence-electron chi connectivity index (χ1n) is 6.49. The van der Waals surface area contributed by atoms with Gasteiger partial charge in [-0.3, -0.25) is 0 Å². The largest absolute Gasteiger partial charge is 0.314 e. The molecule has 1 heteroatoms. The molecule has 84 valence electrons. The summed E-state index contributed by atoms with van der Waals surface area (Å²) in [6, 6.07) is 0.707. The van der Waals surface area contributed by atoms with Gasteiger partial charge in [-0.25, -0.2) is 0 Å². The van der Waals surface area contributed by atoms with Gasteiger partial charge in [0.05, 0.1) is 0 Å². The highest BCUT2D eigenvalue weighted by atomic mass is 14.9. The Morgan fingerprint density at radius 2 is 1.64 bits per heavy atom. The van der Waals surface area contributed by atoms with Crippen molar-refractivity contribution >= 4 is 0 Å². The molecule has 1 atom stereocenters. The molecule has 0 saturated heterocycles. The lowest BCUT2D eigenvalue weighted by atomic mass is 9.81. The predicted octanol–water partition coefficient (Wildman–Crippen LogP) is 3.59. The van der Waals surface area contributed by atoms with E-state index in [-0.39, 0.29) is 0 Å². The monoisotopic (exact) mass is 197 g/mol. The number of nitrogens with one attached hydrogen (secondary N) is 1. The Kier molecular flexibility index (Phi) is 5.54. The minimum absolute atomic E-state index is 0.707. The minimum atomic E-state index is 0.707. The summed E-state index contributed by atoms with van der Waals surface area (Å²) in [5.41, 5.74) is 0. The van der Waals surface area contributed by atoms with Crippen molar-refractivity contribution in [2.75, 3.05) is 6.54 Å². The molecule has 0 radical (unpaired) electrons. The lowest BCUT2D eigenvalue weighted by Crippen LogP contribution is -2.32. The first-order chi connectivity index (χ1) is 6.76. The van der Waals surface area contributed by atoms with Crippen LogP contribution < -0.4 is 5.32 Å². The molecule has 1 fully saturated rings. The van der Waals surface area contributed by atoms with E-state index in [0.717, 1.165) is 11.8 Å². The Morgan fingerprint density at radius 3 is 2.14 bits per heavy atom. The van der Waals surface area contributed by atoms with E-state index in [9.17, 15) is 0 Å². The summed E-state index contributed by atoms with van der Waals surface area (Å²) in [4.78, 5) is 0. The predicted molar refractivity (Wildman–Crippen MR) is 63.5 cm³/mol. The molecule has 1 nitrogen and oxygen atoms in total. The zero-order valence-corrected chi connectivity index (χ0v) is 10.2. The molecule has 0 spiro atoms. The normalized spacial score (nSPS) is 30.2. The van der Waals surface area contributed by atoms with Gasteiger partial charge >= 0.3 is 0 Å². The fraction of sp³-hybridized carbons (Fsp3) is 1.00. The molecule has 0 heterocycles. The third kappa shape index (κ3) is 4.00. The van der Waals surface area contributed by atoms with Crippen molar-refractivity contribution in [3.8, 4) is 0 Å². The van der Waals surface area contributed by atoms with Crippen LogP contribution in [0.4, 0.5) is 0 Å². The molecular formula is C13H27N. The van der Waals surface area contributed by atoms with Gasteiger partial charge in [0.15, 0.2) is 0 Å². The summed E-state index contributed by atoms with van der Waals surface area (Å²) >= 11 is 0. The highest BCUT2D eigenvalue weighted by Gasteiger charge is 2.19. The molecule has 1 aliphatic rings. The van der Waals surface area contributed by atoms with Crippen LogP contribution in [-0.4, -0.2) is 12.6 Å². The van der Waals surface area contributed by atoms with Gasteiger partial charge in [0.2, 0.25) is 0 Å². The first kappa shape index (κ1) is 12.0. The summed E-state index contributed by atoms with van der Waals surface area (Å²) in [7, 11) is 0. The van der Waals surface area contributed by atoms with Crippen molar-refractivity contribution < 1.29 is 0 Å². The maximum atomic E-state index is 3.63.